The third-order valence-electron chi connectivity index (χ3n) is 4.79. The maximum Gasteiger partial charge on any atom is 0.350 e. The number of fused-ring (bicyclic) bond motifs is 1. The highest BCUT2D eigenvalue weighted by Gasteiger charge is 2.28. The Morgan fingerprint density at radius 3 is 2.55 bits per heavy atom. The van der Waals surface area contributed by atoms with Crippen molar-refractivity contribution in [3.05, 3.63) is 69.5 Å². The summed E-state index contributed by atoms with van der Waals surface area (Å²) in [6, 6.07) is 7.62. The Hall–Kier alpha value is -3.73. The van der Waals surface area contributed by atoms with Gasteiger partial charge < -0.3 is 4.74 Å². The molecule has 0 saturated heterocycles. The quantitative estimate of drug-likeness (QED) is 0.398. The molecular weight excluding hydrogens is 447 g/mol. The average molecular weight is 469 g/mol. The molecule has 9 nitrogen and oxygen atoms in total. The standard InChI is InChI=1S/C22H21FN6O3S/c1-5-32-20(31)17-14(4)25-22(33-17)28(11-15-6-8-16(23)9-7-15)19(30)18-26-21-24-12(2)10-13(3)29(21)27-18/h6-10H,5,11H2,1-4H3. The molecule has 11 heteroatoms. The van der Waals surface area contributed by atoms with Gasteiger partial charge in [0.15, 0.2) is 5.13 Å². The monoisotopic (exact) mass is 468 g/mol. The molecule has 0 unspecified atom stereocenters. The summed E-state index contributed by atoms with van der Waals surface area (Å²) in [6.07, 6.45) is 0. The van der Waals surface area contributed by atoms with E-state index in [2.05, 4.69) is 20.1 Å². The number of nitrogens with zero attached hydrogens (tertiary/aromatic N) is 6. The molecule has 0 aliphatic heterocycles. The zero-order valence-corrected chi connectivity index (χ0v) is 19.3. The minimum Gasteiger partial charge on any atom is -0.462 e. The van der Waals surface area contributed by atoms with Crippen LogP contribution in [0.25, 0.3) is 5.78 Å². The van der Waals surface area contributed by atoms with Crippen LogP contribution in [-0.2, 0) is 11.3 Å². The Morgan fingerprint density at radius 2 is 1.85 bits per heavy atom. The Kier molecular flexibility index (Phi) is 6.14. The first-order valence-electron chi connectivity index (χ1n) is 10.2. The number of carbonyl (C=O) groups is 2. The van der Waals surface area contributed by atoms with Crippen LogP contribution in [0.1, 0.15) is 49.9 Å². The second-order valence-corrected chi connectivity index (χ2v) is 8.31. The number of hydrogen-bond donors (Lipinski definition) is 0. The Morgan fingerprint density at radius 1 is 1.12 bits per heavy atom. The Balaban J connectivity index is 1.76. The number of anilines is 1. The summed E-state index contributed by atoms with van der Waals surface area (Å²) < 4.78 is 20.0. The largest absolute Gasteiger partial charge is 0.462 e. The molecule has 0 atom stereocenters. The second kappa shape index (κ2) is 9.02. The van der Waals surface area contributed by atoms with Crippen molar-refractivity contribution in [3.63, 3.8) is 0 Å². The molecule has 0 saturated carbocycles. The highest BCUT2D eigenvalue weighted by molar-refractivity contribution is 7.17. The number of benzene rings is 1. The van der Waals surface area contributed by atoms with Crippen LogP contribution in [0.3, 0.4) is 0 Å². The summed E-state index contributed by atoms with van der Waals surface area (Å²) in [5, 5.41) is 4.61. The van der Waals surface area contributed by atoms with Crippen LogP contribution in [0.15, 0.2) is 30.3 Å². The number of aryl methyl sites for hydroxylation is 3. The maximum absolute atomic E-state index is 13.5. The van der Waals surface area contributed by atoms with Crippen LogP contribution in [0.5, 0.6) is 0 Å². The van der Waals surface area contributed by atoms with Gasteiger partial charge in [-0.3, -0.25) is 9.69 Å². The molecule has 170 valence electrons. The summed E-state index contributed by atoms with van der Waals surface area (Å²) in [5.41, 5.74) is 2.65. The van der Waals surface area contributed by atoms with E-state index in [4.69, 9.17) is 4.74 Å². The average Bonchev–Trinajstić information content (AvgIpc) is 3.37. The van der Waals surface area contributed by atoms with Gasteiger partial charge in [0, 0.05) is 11.4 Å². The van der Waals surface area contributed by atoms with E-state index in [1.165, 1.54) is 21.5 Å². The lowest BCUT2D eigenvalue weighted by Crippen LogP contribution is -2.31. The van der Waals surface area contributed by atoms with Gasteiger partial charge in [-0.15, -0.1) is 5.10 Å². The minimum atomic E-state index is -0.522. The fraction of sp³-hybridized carbons (Fsp3) is 0.273. The number of aromatic nitrogens is 5. The molecule has 4 aromatic rings. The van der Waals surface area contributed by atoms with E-state index in [0.29, 0.717) is 21.9 Å². The molecule has 4 rings (SSSR count). The number of hydrogen-bond acceptors (Lipinski definition) is 8. The SMILES string of the molecule is CCOC(=O)c1sc(N(Cc2ccc(F)cc2)C(=O)c2nc3nc(C)cc(C)n3n2)nc1C. The molecule has 3 aromatic heterocycles. The van der Waals surface area contributed by atoms with E-state index in [1.54, 1.807) is 26.0 Å². The third kappa shape index (κ3) is 4.58. The van der Waals surface area contributed by atoms with Crippen molar-refractivity contribution in [2.75, 3.05) is 11.5 Å². The van der Waals surface area contributed by atoms with Crippen molar-refractivity contribution in [1.82, 2.24) is 24.6 Å². The minimum absolute atomic E-state index is 0.0659. The van der Waals surface area contributed by atoms with Crippen molar-refractivity contribution >= 4 is 34.1 Å². The van der Waals surface area contributed by atoms with Gasteiger partial charge in [0.05, 0.1) is 18.8 Å². The predicted octanol–water partition coefficient (Wildman–Crippen LogP) is 3.67. The molecule has 0 aliphatic carbocycles. The fourth-order valence-corrected chi connectivity index (χ4v) is 4.22. The molecule has 0 bridgehead atoms. The fourth-order valence-electron chi connectivity index (χ4n) is 3.26. The van der Waals surface area contributed by atoms with Crippen LogP contribution in [0.4, 0.5) is 9.52 Å². The van der Waals surface area contributed by atoms with Gasteiger partial charge in [0.25, 0.3) is 11.7 Å². The predicted molar refractivity (Wildman–Crippen MR) is 120 cm³/mol. The van der Waals surface area contributed by atoms with Crippen molar-refractivity contribution < 1.29 is 18.7 Å². The Bertz CT molecular complexity index is 1350. The van der Waals surface area contributed by atoms with Crippen LogP contribution in [-0.4, -0.2) is 43.0 Å². The highest BCUT2D eigenvalue weighted by Crippen LogP contribution is 2.29. The van der Waals surface area contributed by atoms with Crippen LogP contribution in [0.2, 0.25) is 0 Å². The van der Waals surface area contributed by atoms with Gasteiger partial charge in [-0.2, -0.15) is 4.98 Å². The van der Waals surface area contributed by atoms with E-state index in [-0.39, 0.29) is 29.9 Å². The molecular formula is C22H21FN6O3S. The number of halogens is 1. The molecule has 1 amide bonds. The lowest BCUT2D eigenvalue weighted by atomic mass is 10.2. The normalized spacial score (nSPS) is 11.1. The smallest absolute Gasteiger partial charge is 0.350 e. The van der Waals surface area contributed by atoms with Crippen LogP contribution >= 0.6 is 11.3 Å². The number of amides is 1. The number of thiazole rings is 1. The maximum atomic E-state index is 13.5. The van der Waals surface area contributed by atoms with Gasteiger partial charge in [-0.1, -0.05) is 23.5 Å². The van der Waals surface area contributed by atoms with Crippen molar-refractivity contribution in [2.24, 2.45) is 0 Å². The van der Waals surface area contributed by atoms with Crippen molar-refractivity contribution in [2.45, 2.75) is 34.2 Å². The summed E-state index contributed by atoms with van der Waals surface area (Å²) in [5.74, 6) is -1.17. The van der Waals surface area contributed by atoms with E-state index in [1.807, 2.05) is 19.9 Å². The first-order valence-corrected chi connectivity index (χ1v) is 11.0. The molecule has 0 aliphatic rings. The van der Waals surface area contributed by atoms with E-state index >= 15 is 0 Å². The number of carbonyl (C=O) groups excluding carboxylic acids is 2. The zero-order valence-electron chi connectivity index (χ0n) is 18.5. The Labute approximate surface area is 192 Å². The van der Waals surface area contributed by atoms with E-state index in [9.17, 15) is 14.0 Å². The molecule has 0 N–H and O–H groups in total. The summed E-state index contributed by atoms with van der Waals surface area (Å²) in [4.78, 5) is 40.6. The summed E-state index contributed by atoms with van der Waals surface area (Å²) in [7, 11) is 0. The van der Waals surface area contributed by atoms with Crippen molar-refractivity contribution in [1.29, 1.82) is 0 Å². The zero-order chi connectivity index (χ0) is 23.7. The number of rotatable bonds is 6. The molecule has 33 heavy (non-hydrogen) atoms. The highest BCUT2D eigenvalue weighted by atomic mass is 32.1. The van der Waals surface area contributed by atoms with Gasteiger partial charge >= 0.3 is 5.97 Å². The lowest BCUT2D eigenvalue weighted by Gasteiger charge is -2.18. The van der Waals surface area contributed by atoms with Crippen LogP contribution < -0.4 is 4.90 Å². The van der Waals surface area contributed by atoms with Crippen molar-refractivity contribution in [3.8, 4) is 0 Å². The molecule has 0 radical (unpaired) electrons. The first kappa shape index (κ1) is 22.5. The van der Waals surface area contributed by atoms with E-state index < -0.39 is 11.9 Å². The summed E-state index contributed by atoms with van der Waals surface area (Å²) >= 11 is 1.04. The van der Waals surface area contributed by atoms with Gasteiger partial charge in [0.2, 0.25) is 5.82 Å². The number of ether oxygens (including phenoxy) is 1. The lowest BCUT2D eigenvalue weighted by molar-refractivity contribution is 0.0531. The van der Waals surface area contributed by atoms with Gasteiger partial charge in [0.1, 0.15) is 10.7 Å². The van der Waals surface area contributed by atoms with Crippen LogP contribution in [0, 0.1) is 26.6 Å². The molecule has 0 spiro atoms. The second-order valence-electron chi connectivity index (χ2n) is 7.34. The third-order valence-corrected chi connectivity index (χ3v) is 5.95. The first-order chi connectivity index (χ1) is 15.8. The van der Waals surface area contributed by atoms with E-state index in [0.717, 1.165) is 22.7 Å². The molecule has 1 aromatic carbocycles. The molecule has 3 heterocycles. The topological polar surface area (TPSA) is 103 Å². The summed E-state index contributed by atoms with van der Waals surface area (Å²) in [6.45, 7) is 7.37. The van der Waals surface area contributed by atoms with Gasteiger partial charge in [-0.25, -0.2) is 23.7 Å². The van der Waals surface area contributed by atoms with Gasteiger partial charge in [-0.05, 0) is 51.5 Å². The number of esters is 1. The molecule has 0 fully saturated rings.